The van der Waals surface area contributed by atoms with Crippen molar-refractivity contribution in [3.8, 4) is 0 Å². The SMILES string of the molecule is C=CCNC(=O)c1ccccc1NC(=O)C1CCN(Cc2cccc(C)c2)CC1. The Labute approximate surface area is 172 Å². The van der Waals surface area contributed by atoms with E-state index in [-0.39, 0.29) is 17.7 Å². The van der Waals surface area contributed by atoms with Crippen molar-refractivity contribution >= 4 is 17.5 Å². The quantitative estimate of drug-likeness (QED) is 0.707. The first kappa shape index (κ1) is 20.8. The number of piperidine rings is 1. The van der Waals surface area contributed by atoms with E-state index >= 15 is 0 Å². The topological polar surface area (TPSA) is 61.4 Å². The Kier molecular flexibility index (Phi) is 7.19. The smallest absolute Gasteiger partial charge is 0.253 e. The van der Waals surface area contributed by atoms with Crippen molar-refractivity contribution in [2.75, 3.05) is 25.0 Å². The Morgan fingerprint density at radius 3 is 2.62 bits per heavy atom. The molecule has 0 bridgehead atoms. The average molecular weight is 392 g/mol. The summed E-state index contributed by atoms with van der Waals surface area (Å²) in [6.45, 7) is 8.81. The molecule has 2 aromatic carbocycles. The van der Waals surface area contributed by atoms with Crippen LogP contribution in [0.2, 0.25) is 0 Å². The van der Waals surface area contributed by atoms with E-state index in [1.165, 1.54) is 11.1 Å². The van der Waals surface area contributed by atoms with Gasteiger partial charge in [0.15, 0.2) is 0 Å². The zero-order chi connectivity index (χ0) is 20.6. The number of rotatable bonds is 7. The molecule has 1 saturated heterocycles. The molecule has 3 rings (SSSR count). The maximum atomic E-state index is 12.8. The van der Waals surface area contributed by atoms with Gasteiger partial charge < -0.3 is 10.6 Å². The first-order valence-electron chi connectivity index (χ1n) is 10.1. The van der Waals surface area contributed by atoms with Crippen molar-refractivity contribution in [3.63, 3.8) is 0 Å². The molecule has 0 saturated carbocycles. The van der Waals surface area contributed by atoms with Gasteiger partial charge in [-0.2, -0.15) is 0 Å². The van der Waals surface area contributed by atoms with Crippen LogP contribution in [0.15, 0.2) is 61.2 Å². The van der Waals surface area contributed by atoms with Crippen LogP contribution in [-0.4, -0.2) is 36.3 Å². The Morgan fingerprint density at radius 2 is 1.90 bits per heavy atom. The number of nitrogens with one attached hydrogen (secondary N) is 2. The Hall–Kier alpha value is -2.92. The maximum Gasteiger partial charge on any atom is 0.253 e. The van der Waals surface area contributed by atoms with E-state index in [0.717, 1.165) is 32.5 Å². The third-order valence-corrected chi connectivity index (χ3v) is 5.28. The summed E-state index contributed by atoms with van der Waals surface area (Å²) in [6.07, 6.45) is 3.27. The first-order valence-corrected chi connectivity index (χ1v) is 10.1. The van der Waals surface area contributed by atoms with Gasteiger partial charge in [-0.05, 0) is 50.6 Å². The van der Waals surface area contributed by atoms with Crippen molar-refractivity contribution in [2.45, 2.75) is 26.3 Å². The molecule has 1 aliphatic rings. The van der Waals surface area contributed by atoms with Gasteiger partial charge in [0.1, 0.15) is 0 Å². The molecule has 1 heterocycles. The molecule has 152 valence electrons. The van der Waals surface area contributed by atoms with Gasteiger partial charge >= 0.3 is 0 Å². The highest BCUT2D eigenvalue weighted by Crippen LogP contribution is 2.22. The number of para-hydroxylation sites is 1. The van der Waals surface area contributed by atoms with E-state index in [2.05, 4.69) is 53.3 Å². The highest BCUT2D eigenvalue weighted by atomic mass is 16.2. The van der Waals surface area contributed by atoms with Crippen LogP contribution in [0.25, 0.3) is 0 Å². The van der Waals surface area contributed by atoms with Crippen molar-refractivity contribution in [1.29, 1.82) is 0 Å². The van der Waals surface area contributed by atoms with Crippen LogP contribution in [0.4, 0.5) is 5.69 Å². The summed E-state index contributed by atoms with van der Waals surface area (Å²) in [5, 5.41) is 5.73. The minimum absolute atomic E-state index is 0.0100. The van der Waals surface area contributed by atoms with Gasteiger partial charge in [0, 0.05) is 19.0 Å². The summed E-state index contributed by atoms with van der Waals surface area (Å²) in [5.41, 5.74) is 3.61. The highest BCUT2D eigenvalue weighted by Gasteiger charge is 2.26. The fraction of sp³-hybridized carbons (Fsp3) is 0.333. The van der Waals surface area contributed by atoms with E-state index in [4.69, 9.17) is 0 Å². The second-order valence-electron chi connectivity index (χ2n) is 7.57. The summed E-state index contributed by atoms with van der Waals surface area (Å²) in [4.78, 5) is 27.5. The highest BCUT2D eigenvalue weighted by molar-refractivity contribution is 6.04. The molecule has 0 spiro atoms. The Bertz CT molecular complexity index is 870. The van der Waals surface area contributed by atoms with Crippen LogP contribution >= 0.6 is 0 Å². The molecule has 1 aliphatic heterocycles. The molecule has 0 radical (unpaired) electrons. The predicted octanol–water partition coefficient (Wildman–Crippen LogP) is 3.76. The third-order valence-electron chi connectivity index (χ3n) is 5.28. The second kappa shape index (κ2) is 10.0. The number of carbonyl (C=O) groups is 2. The third kappa shape index (κ3) is 5.78. The van der Waals surface area contributed by atoms with Gasteiger partial charge in [0.05, 0.1) is 11.3 Å². The standard InChI is InChI=1S/C24H29N3O2/c1-3-13-25-24(29)21-9-4-5-10-22(21)26-23(28)20-11-14-27(15-12-20)17-19-8-6-7-18(2)16-19/h3-10,16,20H,1,11-15,17H2,2H3,(H,25,29)(H,26,28). The number of hydrogen-bond acceptors (Lipinski definition) is 3. The number of anilines is 1. The van der Waals surface area contributed by atoms with E-state index in [0.29, 0.717) is 17.8 Å². The minimum Gasteiger partial charge on any atom is -0.349 e. The molecule has 2 N–H and O–H groups in total. The minimum atomic E-state index is -0.214. The molecular formula is C24H29N3O2. The molecule has 1 fully saturated rings. The van der Waals surface area contributed by atoms with Crippen LogP contribution in [0.5, 0.6) is 0 Å². The van der Waals surface area contributed by atoms with E-state index in [9.17, 15) is 9.59 Å². The second-order valence-corrected chi connectivity index (χ2v) is 7.57. The predicted molar refractivity (Wildman–Crippen MR) is 117 cm³/mol. The Morgan fingerprint density at radius 1 is 1.14 bits per heavy atom. The summed E-state index contributed by atoms with van der Waals surface area (Å²) in [6, 6.07) is 15.7. The molecule has 2 aromatic rings. The summed E-state index contributed by atoms with van der Waals surface area (Å²) < 4.78 is 0. The molecule has 0 atom stereocenters. The molecule has 0 aliphatic carbocycles. The number of hydrogen-bond donors (Lipinski definition) is 2. The van der Waals surface area contributed by atoms with Gasteiger partial charge in [-0.15, -0.1) is 6.58 Å². The number of likely N-dealkylation sites (tertiary alicyclic amines) is 1. The van der Waals surface area contributed by atoms with Crippen molar-refractivity contribution in [2.24, 2.45) is 5.92 Å². The Balaban J connectivity index is 1.55. The van der Waals surface area contributed by atoms with Gasteiger partial charge in [-0.25, -0.2) is 0 Å². The zero-order valence-corrected chi connectivity index (χ0v) is 17.0. The number of benzene rings is 2. The van der Waals surface area contributed by atoms with Gasteiger partial charge in [0.2, 0.25) is 5.91 Å². The summed E-state index contributed by atoms with van der Waals surface area (Å²) in [7, 11) is 0. The maximum absolute atomic E-state index is 12.8. The monoisotopic (exact) mass is 391 g/mol. The summed E-state index contributed by atoms with van der Waals surface area (Å²) >= 11 is 0. The van der Waals surface area contributed by atoms with Crippen molar-refractivity contribution < 1.29 is 9.59 Å². The number of nitrogens with zero attached hydrogens (tertiary/aromatic N) is 1. The fourth-order valence-electron chi connectivity index (χ4n) is 3.71. The molecule has 29 heavy (non-hydrogen) atoms. The number of amides is 2. The lowest BCUT2D eigenvalue weighted by atomic mass is 9.95. The molecule has 5 nitrogen and oxygen atoms in total. The lowest BCUT2D eigenvalue weighted by molar-refractivity contribution is -0.121. The zero-order valence-electron chi connectivity index (χ0n) is 17.0. The normalized spacial score (nSPS) is 14.9. The molecule has 0 unspecified atom stereocenters. The fourth-order valence-corrected chi connectivity index (χ4v) is 3.71. The van der Waals surface area contributed by atoms with Gasteiger partial charge in [-0.1, -0.05) is 48.0 Å². The first-order chi connectivity index (χ1) is 14.1. The molecule has 0 aromatic heterocycles. The molecule has 2 amide bonds. The summed E-state index contributed by atoms with van der Waals surface area (Å²) in [5.74, 6) is -0.258. The molecular weight excluding hydrogens is 362 g/mol. The molecule has 5 heteroatoms. The average Bonchev–Trinajstić information content (AvgIpc) is 2.73. The van der Waals surface area contributed by atoms with E-state index < -0.39 is 0 Å². The van der Waals surface area contributed by atoms with Crippen LogP contribution < -0.4 is 10.6 Å². The van der Waals surface area contributed by atoms with Crippen LogP contribution in [0, 0.1) is 12.8 Å². The van der Waals surface area contributed by atoms with Crippen molar-refractivity contribution in [1.82, 2.24) is 10.2 Å². The van der Waals surface area contributed by atoms with E-state index in [1.54, 1.807) is 24.3 Å². The lowest BCUT2D eigenvalue weighted by Crippen LogP contribution is -2.38. The largest absolute Gasteiger partial charge is 0.349 e. The van der Waals surface area contributed by atoms with Crippen LogP contribution in [0.3, 0.4) is 0 Å². The van der Waals surface area contributed by atoms with Crippen molar-refractivity contribution in [3.05, 3.63) is 77.9 Å². The number of aryl methyl sites for hydroxylation is 1. The number of carbonyl (C=O) groups excluding carboxylic acids is 2. The van der Waals surface area contributed by atoms with E-state index in [1.807, 2.05) is 6.07 Å². The van der Waals surface area contributed by atoms with Crippen LogP contribution in [0.1, 0.15) is 34.3 Å². The lowest BCUT2D eigenvalue weighted by Gasteiger charge is -2.31. The van der Waals surface area contributed by atoms with Gasteiger partial charge in [0.25, 0.3) is 5.91 Å². The van der Waals surface area contributed by atoms with Gasteiger partial charge in [-0.3, -0.25) is 14.5 Å². The van der Waals surface area contributed by atoms with Crippen LogP contribution in [-0.2, 0) is 11.3 Å².